The molecule has 0 saturated carbocycles. The molecule has 124 valence electrons. The van der Waals surface area contributed by atoms with Crippen molar-refractivity contribution >= 4 is 34.1 Å². The predicted molar refractivity (Wildman–Crippen MR) is 92.5 cm³/mol. The summed E-state index contributed by atoms with van der Waals surface area (Å²) in [6, 6.07) is 6.16. The molecule has 3 aromatic rings. The number of benzene rings is 1. The minimum Gasteiger partial charge on any atom is -0.305 e. The molecule has 1 amide bonds. The number of nitrogens with zero attached hydrogens (tertiary/aromatic N) is 4. The Hall–Kier alpha value is -2.26. The Morgan fingerprint density at radius 1 is 1.42 bits per heavy atom. The first kappa shape index (κ1) is 16.6. The van der Waals surface area contributed by atoms with Gasteiger partial charge in [0.2, 0.25) is 5.91 Å². The van der Waals surface area contributed by atoms with Gasteiger partial charge in [0, 0.05) is 24.2 Å². The molecule has 0 aliphatic rings. The van der Waals surface area contributed by atoms with E-state index >= 15 is 0 Å². The fraction of sp³-hybridized carbons (Fsp3) is 0.200. The van der Waals surface area contributed by atoms with Crippen LogP contribution in [0.3, 0.4) is 0 Å². The molecule has 0 fully saturated rings. The lowest BCUT2D eigenvalue weighted by Crippen LogP contribution is -2.22. The lowest BCUT2D eigenvalue weighted by atomic mass is 10.2. The second-order valence-electron chi connectivity index (χ2n) is 4.96. The highest BCUT2D eigenvalue weighted by Gasteiger charge is 2.20. The number of thiazole rings is 1. The summed E-state index contributed by atoms with van der Waals surface area (Å²) in [5.41, 5.74) is 0.636. The van der Waals surface area contributed by atoms with Gasteiger partial charge in [0.1, 0.15) is 5.82 Å². The average Bonchev–Trinajstić information content (AvgIpc) is 3.18. The normalized spacial score (nSPS) is 12.1. The molecule has 0 saturated heterocycles. The molecule has 2 aromatic heterocycles. The van der Waals surface area contributed by atoms with E-state index in [4.69, 9.17) is 0 Å². The van der Waals surface area contributed by atoms with Crippen LogP contribution in [0.15, 0.2) is 41.0 Å². The van der Waals surface area contributed by atoms with Crippen LogP contribution in [0.4, 0.5) is 9.52 Å². The highest BCUT2D eigenvalue weighted by molar-refractivity contribution is 8.00. The number of aromatic nitrogens is 4. The monoisotopic (exact) mass is 363 g/mol. The van der Waals surface area contributed by atoms with Crippen molar-refractivity contribution in [3.63, 3.8) is 0 Å². The van der Waals surface area contributed by atoms with E-state index in [-0.39, 0.29) is 17.0 Å². The number of anilines is 1. The van der Waals surface area contributed by atoms with Crippen molar-refractivity contribution in [3.05, 3.63) is 41.7 Å². The van der Waals surface area contributed by atoms with Crippen molar-refractivity contribution in [2.24, 2.45) is 7.05 Å². The summed E-state index contributed by atoms with van der Waals surface area (Å²) >= 11 is 2.64. The van der Waals surface area contributed by atoms with E-state index in [9.17, 15) is 9.18 Å². The Bertz CT molecular complexity index is 849. The summed E-state index contributed by atoms with van der Waals surface area (Å²) in [6.45, 7) is 1.78. The third kappa shape index (κ3) is 3.62. The van der Waals surface area contributed by atoms with Crippen LogP contribution in [0.25, 0.3) is 11.4 Å². The minimum atomic E-state index is -0.378. The van der Waals surface area contributed by atoms with E-state index in [2.05, 4.69) is 20.5 Å². The van der Waals surface area contributed by atoms with Gasteiger partial charge in [0.05, 0.1) is 5.25 Å². The Kier molecular flexibility index (Phi) is 4.91. The first-order valence-corrected chi connectivity index (χ1v) is 8.83. The van der Waals surface area contributed by atoms with Crippen LogP contribution in [-0.2, 0) is 11.8 Å². The number of nitrogens with one attached hydrogen (secondary N) is 1. The molecule has 1 N–H and O–H groups in total. The largest absolute Gasteiger partial charge is 0.305 e. The number of halogens is 1. The van der Waals surface area contributed by atoms with Crippen LogP contribution in [0, 0.1) is 5.82 Å². The van der Waals surface area contributed by atoms with Crippen molar-refractivity contribution in [1.82, 2.24) is 19.7 Å². The van der Waals surface area contributed by atoms with Crippen molar-refractivity contribution in [2.75, 3.05) is 5.32 Å². The van der Waals surface area contributed by atoms with Crippen LogP contribution in [0.5, 0.6) is 0 Å². The highest BCUT2D eigenvalue weighted by atomic mass is 32.2. The Balaban J connectivity index is 1.73. The van der Waals surface area contributed by atoms with E-state index in [1.165, 1.54) is 35.2 Å². The molecule has 1 aromatic carbocycles. The summed E-state index contributed by atoms with van der Waals surface area (Å²) in [5, 5.41) is 13.5. The zero-order chi connectivity index (χ0) is 17.1. The average molecular weight is 363 g/mol. The second kappa shape index (κ2) is 7.10. The van der Waals surface area contributed by atoms with Crippen LogP contribution in [-0.4, -0.2) is 30.9 Å². The van der Waals surface area contributed by atoms with Crippen molar-refractivity contribution in [1.29, 1.82) is 0 Å². The first-order chi connectivity index (χ1) is 11.5. The molecule has 24 heavy (non-hydrogen) atoms. The standard InChI is InChI=1S/C15H14FN5OS2/c1-9(13(22)18-14-17-6-7-23-14)24-15-20-19-12(21(15)2)10-4-3-5-11(16)8-10/h3-9H,1-2H3,(H,17,18,22)/t9-/m1/s1. The van der Waals surface area contributed by atoms with E-state index in [0.717, 1.165) is 0 Å². The molecular weight excluding hydrogens is 349 g/mol. The number of hydrogen-bond donors (Lipinski definition) is 1. The van der Waals surface area contributed by atoms with Crippen molar-refractivity contribution < 1.29 is 9.18 Å². The van der Waals surface area contributed by atoms with Gasteiger partial charge in [-0.2, -0.15) is 0 Å². The molecule has 9 heteroatoms. The molecule has 3 rings (SSSR count). The van der Waals surface area contributed by atoms with E-state index < -0.39 is 0 Å². The second-order valence-corrected chi connectivity index (χ2v) is 7.16. The molecule has 2 heterocycles. The zero-order valence-corrected chi connectivity index (χ0v) is 14.6. The van der Waals surface area contributed by atoms with Gasteiger partial charge in [-0.1, -0.05) is 23.9 Å². The minimum absolute atomic E-state index is 0.162. The third-order valence-corrected chi connectivity index (χ3v) is 5.05. The summed E-state index contributed by atoms with van der Waals surface area (Å²) in [6.07, 6.45) is 1.63. The predicted octanol–water partition coefficient (Wildman–Crippen LogP) is 3.20. The van der Waals surface area contributed by atoms with Crippen LogP contribution < -0.4 is 5.32 Å². The fourth-order valence-electron chi connectivity index (χ4n) is 2.00. The van der Waals surface area contributed by atoms with Crippen molar-refractivity contribution in [2.45, 2.75) is 17.3 Å². The van der Waals surface area contributed by atoms with Crippen LogP contribution >= 0.6 is 23.1 Å². The molecule has 0 spiro atoms. The van der Waals surface area contributed by atoms with Gasteiger partial charge in [-0.15, -0.1) is 21.5 Å². The Labute approximate surface area is 146 Å². The number of rotatable bonds is 5. The first-order valence-electron chi connectivity index (χ1n) is 7.07. The number of hydrogen-bond acceptors (Lipinski definition) is 6. The molecule has 6 nitrogen and oxygen atoms in total. The van der Waals surface area contributed by atoms with Gasteiger partial charge >= 0.3 is 0 Å². The zero-order valence-electron chi connectivity index (χ0n) is 12.9. The van der Waals surface area contributed by atoms with Gasteiger partial charge in [-0.3, -0.25) is 4.79 Å². The maximum atomic E-state index is 13.4. The number of amides is 1. The topological polar surface area (TPSA) is 72.7 Å². The molecule has 0 bridgehead atoms. The molecule has 0 aliphatic carbocycles. The summed E-state index contributed by atoms with van der Waals surface area (Å²) in [5.74, 6) is 0.0516. The number of carbonyl (C=O) groups is 1. The lowest BCUT2D eigenvalue weighted by Gasteiger charge is -2.10. The number of carbonyl (C=O) groups excluding carboxylic acids is 1. The highest BCUT2D eigenvalue weighted by Crippen LogP contribution is 2.26. The van der Waals surface area contributed by atoms with E-state index in [1.54, 1.807) is 42.2 Å². The van der Waals surface area contributed by atoms with Gasteiger partial charge in [-0.05, 0) is 19.1 Å². The Morgan fingerprint density at radius 3 is 2.96 bits per heavy atom. The fourth-order valence-corrected chi connectivity index (χ4v) is 3.35. The van der Waals surface area contributed by atoms with Crippen LogP contribution in [0.1, 0.15) is 6.92 Å². The molecule has 0 aliphatic heterocycles. The lowest BCUT2D eigenvalue weighted by molar-refractivity contribution is -0.115. The van der Waals surface area contributed by atoms with Crippen LogP contribution in [0.2, 0.25) is 0 Å². The summed E-state index contributed by atoms with van der Waals surface area (Å²) in [7, 11) is 1.79. The molecule has 1 atom stereocenters. The SMILES string of the molecule is C[C@@H](Sc1nnc(-c2cccc(F)c2)n1C)C(=O)Nc1nccs1. The molecular formula is C15H14FN5OS2. The van der Waals surface area contributed by atoms with E-state index in [0.29, 0.717) is 21.7 Å². The van der Waals surface area contributed by atoms with Gasteiger partial charge in [-0.25, -0.2) is 9.37 Å². The maximum absolute atomic E-state index is 13.4. The quantitative estimate of drug-likeness (QED) is 0.705. The van der Waals surface area contributed by atoms with Gasteiger partial charge in [0.25, 0.3) is 0 Å². The maximum Gasteiger partial charge on any atom is 0.239 e. The van der Waals surface area contributed by atoms with Gasteiger partial charge in [0.15, 0.2) is 16.1 Å². The Morgan fingerprint density at radius 2 is 2.25 bits per heavy atom. The smallest absolute Gasteiger partial charge is 0.239 e. The van der Waals surface area contributed by atoms with E-state index in [1.807, 2.05) is 0 Å². The third-order valence-electron chi connectivity index (χ3n) is 3.23. The van der Waals surface area contributed by atoms with Gasteiger partial charge < -0.3 is 9.88 Å². The van der Waals surface area contributed by atoms with Crippen molar-refractivity contribution in [3.8, 4) is 11.4 Å². The molecule has 0 unspecified atom stereocenters. The molecule has 0 radical (unpaired) electrons. The number of thioether (sulfide) groups is 1. The summed E-state index contributed by atoms with van der Waals surface area (Å²) in [4.78, 5) is 16.2. The summed E-state index contributed by atoms with van der Waals surface area (Å²) < 4.78 is 15.1.